The first-order chi connectivity index (χ1) is 14.1. The molecule has 1 aromatic heterocycles. The van der Waals surface area contributed by atoms with Gasteiger partial charge in [-0.25, -0.2) is 4.79 Å². The van der Waals surface area contributed by atoms with Gasteiger partial charge in [0.25, 0.3) is 0 Å². The second-order valence-electron chi connectivity index (χ2n) is 7.38. The molecule has 3 amide bonds. The molecule has 2 aromatic rings. The number of carbonyl (C=O) groups is 2. The third-order valence-electron chi connectivity index (χ3n) is 4.93. The van der Waals surface area contributed by atoms with Crippen LogP contribution >= 0.6 is 0 Å². The Morgan fingerprint density at radius 3 is 2.62 bits per heavy atom. The standard InChI is InChI=1S/C21H30N6O2/c1-2-11-22-20(28)16-26-12-8-18(9-13-26)23-21(29)24-19-10-14-27(25-19)15-17-6-4-3-5-7-17/h3-7,10,14,18H,2,8-9,11-13,15-16H2,1H3,(H,22,28)(H2,23,24,25,29). The molecular formula is C21H30N6O2. The van der Waals surface area contributed by atoms with Crippen LogP contribution in [0.2, 0.25) is 0 Å². The van der Waals surface area contributed by atoms with Crippen molar-refractivity contribution in [3.63, 3.8) is 0 Å². The number of nitrogens with zero attached hydrogens (tertiary/aromatic N) is 3. The Bertz CT molecular complexity index is 783. The van der Waals surface area contributed by atoms with Crippen molar-refractivity contribution in [1.82, 2.24) is 25.3 Å². The molecule has 0 saturated carbocycles. The summed E-state index contributed by atoms with van der Waals surface area (Å²) in [6.45, 7) is 5.45. The Labute approximate surface area is 171 Å². The number of piperidine rings is 1. The predicted molar refractivity (Wildman–Crippen MR) is 113 cm³/mol. The van der Waals surface area contributed by atoms with Gasteiger partial charge in [0.15, 0.2) is 5.82 Å². The summed E-state index contributed by atoms with van der Waals surface area (Å²) in [5.41, 5.74) is 1.15. The van der Waals surface area contributed by atoms with Crippen molar-refractivity contribution in [1.29, 1.82) is 0 Å². The predicted octanol–water partition coefficient (Wildman–Crippen LogP) is 2.04. The van der Waals surface area contributed by atoms with Crippen molar-refractivity contribution in [2.45, 2.75) is 38.8 Å². The Hall–Kier alpha value is -2.87. The van der Waals surface area contributed by atoms with Crippen LogP contribution in [0.4, 0.5) is 10.6 Å². The number of nitrogens with one attached hydrogen (secondary N) is 3. The quantitative estimate of drug-likeness (QED) is 0.635. The van der Waals surface area contributed by atoms with Crippen molar-refractivity contribution in [2.75, 3.05) is 31.5 Å². The summed E-state index contributed by atoms with van der Waals surface area (Å²) in [7, 11) is 0. The third kappa shape index (κ3) is 6.90. The molecular weight excluding hydrogens is 368 g/mol. The highest BCUT2D eigenvalue weighted by Gasteiger charge is 2.22. The molecule has 0 spiro atoms. The number of rotatable bonds is 8. The minimum atomic E-state index is -0.242. The van der Waals surface area contributed by atoms with E-state index in [4.69, 9.17) is 0 Å². The molecule has 1 fully saturated rings. The zero-order valence-corrected chi connectivity index (χ0v) is 16.9. The highest BCUT2D eigenvalue weighted by atomic mass is 16.2. The molecule has 2 heterocycles. The van der Waals surface area contributed by atoms with E-state index in [1.807, 2.05) is 43.5 Å². The second-order valence-corrected chi connectivity index (χ2v) is 7.38. The van der Waals surface area contributed by atoms with E-state index in [9.17, 15) is 9.59 Å². The SMILES string of the molecule is CCCNC(=O)CN1CCC(NC(=O)Nc2ccn(Cc3ccccc3)n2)CC1. The number of amides is 3. The van der Waals surface area contributed by atoms with Gasteiger partial charge in [0, 0.05) is 37.9 Å². The van der Waals surface area contributed by atoms with Gasteiger partial charge >= 0.3 is 6.03 Å². The molecule has 1 aliphatic rings. The number of hydrogen-bond donors (Lipinski definition) is 3. The summed E-state index contributed by atoms with van der Waals surface area (Å²) in [5, 5.41) is 13.1. The highest BCUT2D eigenvalue weighted by Crippen LogP contribution is 2.11. The van der Waals surface area contributed by atoms with Gasteiger partial charge in [0.2, 0.25) is 5.91 Å². The van der Waals surface area contributed by atoms with Gasteiger partial charge in [0.05, 0.1) is 13.1 Å². The first kappa shape index (κ1) is 20.9. The minimum absolute atomic E-state index is 0.0714. The van der Waals surface area contributed by atoms with Gasteiger partial charge in [-0.05, 0) is 24.8 Å². The van der Waals surface area contributed by atoms with Crippen LogP contribution in [0.5, 0.6) is 0 Å². The van der Waals surface area contributed by atoms with Crippen molar-refractivity contribution < 1.29 is 9.59 Å². The summed E-state index contributed by atoms with van der Waals surface area (Å²) in [6, 6.07) is 11.7. The normalized spacial score (nSPS) is 15.1. The maximum Gasteiger partial charge on any atom is 0.320 e. The summed E-state index contributed by atoms with van der Waals surface area (Å²) in [5.74, 6) is 0.602. The first-order valence-electron chi connectivity index (χ1n) is 10.3. The van der Waals surface area contributed by atoms with Gasteiger partial charge in [-0.1, -0.05) is 37.3 Å². The van der Waals surface area contributed by atoms with Crippen LogP contribution in [0.25, 0.3) is 0 Å². The van der Waals surface area contributed by atoms with Crippen LogP contribution in [0.1, 0.15) is 31.7 Å². The van der Waals surface area contributed by atoms with E-state index < -0.39 is 0 Å². The zero-order valence-electron chi connectivity index (χ0n) is 16.9. The van der Waals surface area contributed by atoms with Crippen LogP contribution in [-0.2, 0) is 11.3 Å². The molecule has 3 N–H and O–H groups in total. The Balaban J connectivity index is 1.38. The summed E-state index contributed by atoms with van der Waals surface area (Å²) in [6.07, 6.45) is 4.45. The summed E-state index contributed by atoms with van der Waals surface area (Å²) >= 11 is 0. The van der Waals surface area contributed by atoms with Gasteiger partial charge < -0.3 is 10.6 Å². The maximum absolute atomic E-state index is 12.3. The zero-order chi connectivity index (χ0) is 20.5. The number of aromatic nitrogens is 2. The fraction of sp³-hybridized carbons (Fsp3) is 0.476. The Morgan fingerprint density at radius 2 is 1.90 bits per heavy atom. The monoisotopic (exact) mass is 398 g/mol. The van der Waals surface area contributed by atoms with Gasteiger partial charge in [0.1, 0.15) is 0 Å². The van der Waals surface area contributed by atoms with Crippen LogP contribution in [0.15, 0.2) is 42.6 Å². The number of benzene rings is 1. The Kier molecular flexibility index (Phi) is 7.63. The topological polar surface area (TPSA) is 91.3 Å². The van der Waals surface area contributed by atoms with Gasteiger partial charge in [-0.15, -0.1) is 0 Å². The molecule has 1 aromatic carbocycles. The largest absolute Gasteiger partial charge is 0.355 e. The van der Waals surface area contributed by atoms with E-state index in [2.05, 4.69) is 25.9 Å². The van der Waals surface area contributed by atoms with E-state index in [0.29, 0.717) is 18.9 Å². The van der Waals surface area contributed by atoms with Crippen LogP contribution in [0.3, 0.4) is 0 Å². The molecule has 8 heteroatoms. The molecule has 0 atom stereocenters. The second kappa shape index (κ2) is 10.6. The average molecular weight is 399 g/mol. The molecule has 0 unspecified atom stereocenters. The van der Waals surface area contributed by atoms with Crippen molar-refractivity contribution in [3.8, 4) is 0 Å². The van der Waals surface area contributed by atoms with E-state index in [1.165, 1.54) is 0 Å². The molecule has 0 aliphatic carbocycles. The average Bonchev–Trinajstić information content (AvgIpc) is 3.15. The summed E-state index contributed by atoms with van der Waals surface area (Å²) in [4.78, 5) is 26.2. The van der Waals surface area contributed by atoms with E-state index in [1.54, 1.807) is 10.7 Å². The fourth-order valence-corrected chi connectivity index (χ4v) is 3.38. The van der Waals surface area contributed by atoms with Crippen LogP contribution in [0, 0.1) is 0 Å². The molecule has 0 bridgehead atoms. The molecule has 1 aliphatic heterocycles. The number of urea groups is 1. The first-order valence-corrected chi connectivity index (χ1v) is 10.3. The molecule has 3 rings (SSSR count). The van der Waals surface area contributed by atoms with Crippen LogP contribution < -0.4 is 16.0 Å². The van der Waals surface area contributed by atoms with Crippen molar-refractivity contribution in [2.24, 2.45) is 0 Å². The number of anilines is 1. The lowest BCUT2D eigenvalue weighted by atomic mass is 10.1. The number of hydrogen-bond acceptors (Lipinski definition) is 4. The smallest absolute Gasteiger partial charge is 0.320 e. The van der Waals surface area contributed by atoms with E-state index in [-0.39, 0.29) is 18.0 Å². The molecule has 1 saturated heterocycles. The Morgan fingerprint density at radius 1 is 1.14 bits per heavy atom. The van der Waals surface area contributed by atoms with Gasteiger partial charge in [-0.2, -0.15) is 5.10 Å². The van der Waals surface area contributed by atoms with Crippen LogP contribution in [-0.4, -0.2) is 58.8 Å². The third-order valence-corrected chi connectivity index (χ3v) is 4.93. The number of carbonyl (C=O) groups excluding carboxylic acids is 2. The van der Waals surface area contributed by atoms with E-state index in [0.717, 1.165) is 44.5 Å². The summed E-state index contributed by atoms with van der Waals surface area (Å²) < 4.78 is 1.80. The van der Waals surface area contributed by atoms with Crippen molar-refractivity contribution in [3.05, 3.63) is 48.2 Å². The van der Waals surface area contributed by atoms with E-state index >= 15 is 0 Å². The molecule has 8 nitrogen and oxygen atoms in total. The molecule has 156 valence electrons. The lowest BCUT2D eigenvalue weighted by Crippen LogP contribution is -2.48. The minimum Gasteiger partial charge on any atom is -0.355 e. The fourth-order valence-electron chi connectivity index (χ4n) is 3.38. The molecule has 29 heavy (non-hydrogen) atoms. The highest BCUT2D eigenvalue weighted by molar-refractivity contribution is 5.88. The maximum atomic E-state index is 12.3. The lowest BCUT2D eigenvalue weighted by Gasteiger charge is -2.31. The molecule has 0 radical (unpaired) electrons. The number of likely N-dealkylation sites (tertiary alicyclic amines) is 1. The van der Waals surface area contributed by atoms with Crippen molar-refractivity contribution >= 4 is 17.8 Å². The van der Waals surface area contributed by atoms with Gasteiger partial charge in [-0.3, -0.25) is 19.7 Å². The lowest BCUT2D eigenvalue weighted by molar-refractivity contribution is -0.122.